The van der Waals surface area contributed by atoms with Crippen LogP contribution >= 0.6 is 0 Å². The van der Waals surface area contributed by atoms with Crippen LogP contribution in [0.1, 0.15) is 41.0 Å². The molecule has 0 saturated heterocycles. The van der Waals surface area contributed by atoms with Crippen molar-refractivity contribution in [3.63, 3.8) is 0 Å². The number of nitrogens with two attached hydrogens (primary N) is 1. The highest BCUT2D eigenvalue weighted by Gasteiger charge is 2.28. The van der Waals surface area contributed by atoms with Gasteiger partial charge in [-0.1, -0.05) is 30.3 Å². The summed E-state index contributed by atoms with van der Waals surface area (Å²) in [7, 11) is 1.88. The molecular weight excluding hydrogens is 438 g/mol. The van der Waals surface area contributed by atoms with E-state index >= 15 is 0 Å². The van der Waals surface area contributed by atoms with Gasteiger partial charge >= 0.3 is 0 Å². The van der Waals surface area contributed by atoms with Gasteiger partial charge in [-0.25, -0.2) is 4.98 Å². The molecule has 1 atom stereocenters. The number of hydrogen-bond acceptors (Lipinski definition) is 5. The summed E-state index contributed by atoms with van der Waals surface area (Å²) < 4.78 is 7.98. The van der Waals surface area contributed by atoms with Crippen molar-refractivity contribution in [2.24, 2.45) is 12.8 Å². The van der Waals surface area contributed by atoms with Crippen LogP contribution < -0.4 is 15.4 Å². The highest BCUT2D eigenvalue weighted by molar-refractivity contribution is 6.06. The highest BCUT2D eigenvalue weighted by Crippen LogP contribution is 2.33. The fourth-order valence-corrected chi connectivity index (χ4v) is 4.05. The van der Waals surface area contributed by atoms with E-state index in [1.807, 2.05) is 61.9 Å². The van der Waals surface area contributed by atoms with Gasteiger partial charge in [-0.15, -0.1) is 0 Å². The average Bonchev–Trinajstić information content (AvgIpc) is 3.32. The Hall–Kier alpha value is -4.41. The molecule has 0 aliphatic rings. The third-order valence-electron chi connectivity index (χ3n) is 5.99. The van der Waals surface area contributed by atoms with E-state index in [1.54, 1.807) is 53.8 Å². The van der Waals surface area contributed by atoms with Crippen LogP contribution in [-0.4, -0.2) is 22.0 Å². The number of aryl methyl sites for hydroxylation is 1. The van der Waals surface area contributed by atoms with E-state index in [-0.39, 0.29) is 5.91 Å². The lowest BCUT2D eigenvalue weighted by Crippen LogP contribution is -2.36. The summed E-state index contributed by atoms with van der Waals surface area (Å²) >= 11 is 0. The van der Waals surface area contributed by atoms with Crippen molar-refractivity contribution in [2.75, 3.05) is 11.4 Å². The van der Waals surface area contributed by atoms with Crippen LogP contribution in [0.25, 0.3) is 0 Å². The maximum Gasteiger partial charge on any atom is 0.258 e. The Kier molecular flexibility index (Phi) is 6.67. The molecule has 2 N–H and O–H groups in total. The van der Waals surface area contributed by atoms with E-state index in [4.69, 9.17) is 10.5 Å². The number of para-hydroxylation sites is 1. The number of carbonyl (C=O) groups is 1. The first-order valence-corrected chi connectivity index (χ1v) is 11.3. The van der Waals surface area contributed by atoms with E-state index in [2.05, 4.69) is 11.1 Å². The summed E-state index contributed by atoms with van der Waals surface area (Å²) in [5, 5.41) is 9.66. The summed E-state index contributed by atoms with van der Waals surface area (Å²) in [6.45, 7) is 4.34. The molecule has 176 valence electrons. The molecule has 0 saturated carbocycles. The van der Waals surface area contributed by atoms with Gasteiger partial charge in [0.1, 0.15) is 17.6 Å². The minimum absolute atomic E-state index is 0.135. The molecule has 0 aliphatic carbocycles. The number of aromatic nitrogens is 2. The fraction of sp³-hybridized carbons (Fsp3) is 0.179. The van der Waals surface area contributed by atoms with Gasteiger partial charge in [0.05, 0.1) is 29.3 Å². The Labute approximate surface area is 205 Å². The number of ether oxygens (including phenoxy) is 1. The summed E-state index contributed by atoms with van der Waals surface area (Å²) in [6, 6.07) is 23.9. The first-order valence-electron chi connectivity index (χ1n) is 11.3. The monoisotopic (exact) mass is 465 g/mol. The number of carbonyl (C=O) groups excluding carboxylic acids is 1. The average molecular weight is 466 g/mol. The van der Waals surface area contributed by atoms with E-state index in [1.165, 1.54) is 0 Å². The summed E-state index contributed by atoms with van der Waals surface area (Å²) in [6.07, 6.45) is 3.42. The maximum atomic E-state index is 13.2. The fourth-order valence-electron chi connectivity index (χ4n) is 4.05. The molecule has 0 aliphatic heterocycles. The molecule has 0 fully saturated rings. The zero-order valence-corrected chi connectivity index (χ0v) is 20.0. The molecule has 0 radical (unpaired) electrons. The lowest BCUT2D eigenvalue weighted by Gasteiger charge is -2.26. The molecule has 1 aromatic heterocycles. The predicted molar refractivity (Wildman–Crippen MR) is 135 cm³/mol. The molecular formula is C28H27N5O2. The minimum Gasteiger partial charge on any atom is -0.456 e. The Bertz CT molecular complexity index is 1390. The van der Waals surface area contributed by atoms with Gasteiger partial charge in [0.25, 0.3) is 5.91 Å². The summed E-state index contributed by atoms with van der Waals surface area (Å²) in [5.74, 6) is 0.681. The minimum atomic E-state index is -0.855. The van der Waals surface area contributed by atoms with Crippen LogP contribution in [0.3, 0.4) is 0 Å². The SMILES string of the molecule is CCN(C(=O)c1cccc(Oc2cc(C(C)(N)c3cncn3C)ccc2C#N)c1)c1ccccc1. The van der Waals surface area contributed by atoms with Crippen LogP contribution in [0.2, 0.25) is 0 Å². The van der Waals surface area contributed by atoms with Crippen molar-refractivity contribution in [1.82, 2.24) is 9.55 Å². The van der Waals surface area contributed by atoms with Crippen molar-refractivity contribution < 1.29 is 9.53 Å². The lowest BCUT2D eigenvalue weighted by atomic mass is 9.89. The molecule has 1 unspecified atom stereocenters. The molecule has 7 heteroatoms. The Morgan fingerprint density at radius 3 is 2.57 bits per heavy atom. The molecule has 4 aromatic rings. The topological polar surface area (TPSA) is 97.2 Å². The van der Waals surface area contributed by atoms with E-state index in [0.29, 0.717) is 29.2 Å². The van der Waals surface area contributed by atoms with Gasteiger partial charge in [-0.2, -0.15) is 5.26 Å². The first-order chi connectivity index (χ1) is 16.8. The number of imidazole rings is 1. The summed E-state index contributed by atoms with van der Waals surface area (Å²) in [4.78, 5) is 19.1. The van der Waals surface area contributed by atoms with Crippen LogP contribution in [0.5, 0.6) is 11.5 Å². The zero-order chi connectivity index (χ0) is 25.0. The second kappa shape index (κ2) is 9.84. The van der Waals surface area contributed by atoms with Crippen LogP contribution in [0.4, 0.5) is 5.69 Å². The van der Waals surface area contributed by atoms with Gasteiger partial charge in [0.15, 0.2) is 0 Å². The standard InChI is InChI=1S/C28H27N5O2/c1-4-33(23-10-6-5-7-11-23)27(34)20-9-8-12-24(15-20)35-25-16-22(14-13-21(25)17-29)28(2,30)26-18-31-19-32(26)3/h5-16,18-19H,4,30H2,1-3H3. The molecule has 0 spiro atoms. The van der Waals surface area contributed by atoms with Crippen molar-refractivity contribution in [2.45, 2.75) is 19.4 Å². The van der Waals surface area contributed by atoms with Gasteiger partial charge < -0.3 is 19.9 Å². The highest BCUT2D eigenvalue weighted by atomic mass is 16.5. The van der Waals surface area contributed by atoms with Crippen molar-refractivity contribution in [3.8, 4) is 17.6 Å². The molecule has 35 heavy (non-hydrogen) atoms. The smallest absolute Gasteiger partial charge is 0.258 e. The summed E-state index contributed by atoms with van der Waals surface area (Å²) in [5.41, 5.74) is 9.09. The van der Waals surface area contributed by atoms with E-state index in [0.717, 1.165) is 16.9 Å². The lowest BCUT2D eigenvalue weighted by molar-refractivity contribution is 0.0988. The van der Waals surface area contributed by atoms with Gasteiger partial charge in [-0.05, 0) is 61.9 Å². The van der Waals surface area contributed by atoms with Crippen LogP contribution in [0, 0.1) is 11.3 Å². The molecule has 4 rings (SSSR count). The van der Waals surface area contributed by atoms with Crippen molar-refractivity contribution in [1.29, 1.82) is 5.26 Å². The predicted octanol–water partition coefficient (Wildman–Crippen LogP) is 4.97. The van der Waals surface area contributed by atoms with Crippen LogP contribution in [-0.2, 0) is 12.6 Å². The third-order valence-corrected chi connectivity index (χ3v) is 5.99. The number of nitrogens with zero attached hydrogens (tertiary/aromatic N) is 4. The van der Waals surface area contributed by atoms with E-state index < -0.39 is 5.54 Å². The Balaban J connectivity index is 1.65. The van der Waals surface area contributed by atoms with Crippen molar-refractivity contribution >= 4 is 11.6 Å². The molecule has 3 aromatic carbocycles. The number of benzene rings is 3. The van der Waals surface area contributed by atoms with Gasteiger partial charge in [0, 0.05) is 24.8 Å². The third kappa shape index (κ3) is 4.79. The second-order valence-electron chi connectivity index (χ2n) is 8.43. The van der Waals surface area contributed by atoms with E-state index in [9.17, 15) is 10.1 Å². The second-order valence-corrected chi connectivity index (χ2v) is 8.43. The maximum absolute atomic E-state index is 13.2. The largest absolute Gasteiger partial charge is 0.456 e. The first kappa shape index (κ1) is 23.7. The Morgan fingerprint density at radius 2 is 1.91 bits per heavy atom. The van der Waals surface area contributed by atoms with Gasteiger partial charge in [0.2, 0.25) is 0 Å². The normalized spacial score (nSPS) is 12.4. The molecule has 1 amide bonds. The van der Waals surface area contributed by atoms with Crippen LogP contribution in [0.15, 0.2) is 85.3 Å². The van der Waals surface area contributed by atoms with Gasteiger partial charge in [-0.3, -0.25) is 4.79 Å². The number of nitriles is 1. The van der Waals surface area contributed by atoms with Crippen molar-refractivity contribution in [3.05, 3.63) is 108 Å². The quantitative estimate of drug-likeness (QED) is 0.415. The number of rotatable bonds is 7. The Morgan fingerprint density at radius 1 is 1.14 bits per heavy atom. The number of anilines is 1. The molecule has 0 bridgehead atoms. The molecule has 1 heterocycles. The molecule has 7 nitrogen and oxygen atoms in total. The zero-order valence-electron chi connectivity index (χ0n) is 20.0. The number of hydrogen-bond donors (Lipinski definition) is 1. The number of amides is 1.